The molecule has 2 atom stereocenters. The van der Waals surface area contributed by atoms with Gasteiger partial charge in [0.1, 0.15) is 0 Å². The first-order chi connectivity index (χ1) is 8.29. The Balaban J connectivity index is 1.88. The smallest absolute Gasteiger partial charge is 0.0210 e. The van der Waals surface area contributed by atoms with Crippen LogP contribution < -0.4 is 5.32 Å². The number of benzene rings is 1. The summed E-state index contributed by atoms with van der Waals surface area (Å²) in [5.41, 5.74) is 2.97. The van der Waals surface area contributed by atoms with Crippen molar-refractivity contribution in [3.05, 3.63) is 35.4 Å². The zero-order chi connectivity index (χ0) is 12.1. The van der Waals surface area contributed by atoms with Crippen molar-refractivity contribution in [2.75, 3.05) is 0 Å². The van der Waals surface area contributed by atoms with E-state index >= 15 is 0 Å². The molecule has 0 radical (unpaired) electrons. The maximum Gasteiger partial charge on any atom is 0.0210 e. The van der Waals surface area contributed by atoms with E-state index in [2.05, 4.69) is 43.4 Å². The monoisotopic (exact) mass is 231 g/mol. The zero-order valence-corrected chi connectivity index (χ0v) is 11.2. The average Bonchev–Trinajstić information content (AvgIpc) is 2.37. The Morgan fingerprint density at radius 2 is 1.94 bits per heavy atom. The second-order valence-corrected chi connectivity index (χ2v) is 5.47. The zero-order valence-electron chi connectivity index (χ0n) is 11.2. The van der Waals surface area contributed by atoms with Gasteiger partial charge in [0, 0.05) is 12.6 Å². The van der Waals surface area contributed by atoms with Crippen molar-refractivity contribution in [3.63, 3.8) is 0 Å². The van der Waals surface area contributed by atoms with Gasteiger partial charge in [-0.1, -0.05) is 51.0 Å². The van der Waals surface area contributed by atoms with Gasteiger partial charge in [0.25, 0.3) is 0 Å². The number of rotatable bonds is 4. The molecular weight excluding hydrogens is 206 g/mol. The van der Waals surface area contributed by atoms with Crippen molar-refractivity contribution in [3.8, 4) is 0 Å². The third kappa shape index (κ3) is 3.57. The Kier molecular flexibility index (Phi) is 4.61. The largest absolute Gasteiger partial charge is 0.310 e. The van der Waals surface area contributed by atoms with Crippen molar-refractivity contribution in [2.45, 2.75) is 58.5 Å². The van der Waals surface area contributed by atoms with Crippen LogP contribution in [-0.2, 0) is 13.0 Å². The van der Waals surface area contributed by atoms with Crippen LogP contribution >= 0.6 is 0 Å². The number of aryl methyl sites for hydroxylation is 1. The fraction of sp³-hybridized carbons (Fsp3) is 0.625. The van der Waals surface area contributed by atoms with Gasteiger partial charge in [0.05, 0.1) is 0 Å². The van der Waals surface area contributed by atoms with Crippen LogP contribution in [-0.4, -0.2) is 6.04 Å². The lowest BCUT2D eigenvalue weighted by atomic mass is 9.87. The molecule has 1 aromatic carbocycles. The SMILES string of the molecule is CCc1ccccc1CNC1CCCC(C)C1. The van der Waals surface area contributed by atoms with E-state index in [1.54, 1.807) is 0 Å². The maximum atomic E-state index is 3.74. The summed E-state index contributed by atoms with van der Waals surface area (Å²) < 4.78 is 0. The topological polar surface area (TPSA) is 12.0 Å². The molecule has 1 nitrogen and oxygen atoms in total. The van der Waals surface area contributed by atoms with Crippen LogP contribution in [0.15, 0.2) is 24.3 Å². The van der Waals surface area contributed by atoms with Crippen LogP contribution in [0.2, 0.25) is 0 Å². The van der Waals surface area contributed by atoms with Crippen LogP contribution in [0, 0.1) is 5.92 Å². The average molecular weight is 231 g/mol. The van der Waals surface area contributed by atoms with Crippen molar-refractivity contribution in [2.24, 2.45) is 5.92 Å². The molecule has 1 fully saturated rings. The molecule has 1 aliphatic carbocycles. The highest BCUT2D eigenvalue weighted by Gasteiger charge is 2.18. The summed E-state index contributed by atoms with van der Waals surface area (Å²) in [4.78, 5) is 0. The van der Waals surface area contributed by atoms with Crippen LogP contribution in [0.4, 0.5) is 0 Å². The molecule has 0 aromatic heterocycles. The van der Waals surface area contributed by atoms with Crippen LogP contribution in [0.1, 0.15) is 50.7 Å². The van der Waals surface area contributed by atoms with E-state index in [1.165, 1.54) is 36.8 Å². The van der Waals surface area contributed by atoms with Gasteiger partial charge in [-0.3, -0.25) is 0 Å². The Labute approximate surface area is 106 Å². The van der Waals surface area contributed by atoms with Crippen LogP contribution in [0.5, 0.6) is 0 Å². The molecule has 17 heavy (non-hydrogen) atoms. The molecule has 1 saturated carbocycles. The van der Waals surface area contributed by atoms with E-state index in [9.17, 15) is 0 Å². The van der Waals surface area contributed by atoms with Gasteiger partial charge in [-0.05, 0) is 36.3 Å². The lowest BCUT2D eigenvalue weighted by molar-refractivity contribution is 0.300. The van der Waals surface area contributed by atoms with Crippen molar-refractivity contribution in [1.82, 2.24) is 5.32 Å². The fourth-order valence-corrected chi connectivity index (χ4v) is 2.95. The molecular formula is C16H25N. The lowest BCUT2D eigenvalue weighted by Crippen LogP contribution is -2.33. The highest BCUT2D eigenvalue weighted by Crippen LogP contribution is 2.23. The molecule has 0 heterocycles. The van der Waals surface area contributed by atoms with E-state index in [0.29, 0.717) is 0 Å². The molecule has 2 rings (SSSR count). The fourth-order valence-electron chi connectivity index (χ4n) is 2.95. The highest BCUT2D eigenvalue weighted by molar-refractivity contribution is 5.26. The van der Waals surface area contributed by atoms with E-state index < -0.39 is 0 Å². The Bertz CT molecular complexity index is 345. The van der Waals surface area contributed by atoms with Gasteiger partial charge in [-0.25, -0.2) is 0 Å². The molecule has 0 saturated heterocycles. The Hall–Kier alpha value is -0.820. The molecule has 0 amide bonds. The third-order valence-electron chi connectivity index (χ3n) is 4.02. The van der Waals surface area contributed by atoms with Gasteiger partial charge in [0.2, 0.25) is 0 Å². The highest BCUT2D eigenvalue weighted by atomic mass is 14.9. The first kappa shape index (κ1) is 12.6. The van der Waals surface area contributed by atoms with Gasteiger partial charge in [-0.2, -0.15) is 0 Å². The first-order valence-corrected chi connectivity index (χ1v) is 7.09. The second-order valence-electron chi connectivity index (χ2n) is 5.47. The minimum atomic E-state index is 0.740. The predicted octanol–water partition coefficient (Wildman–Crippen LogP) is 3.92. The van der Waals surface area contributed by atoms with Crippen molar-refractivity contribution in [1.29, 1.82) is 0 Å². The maximum absolute atomic E-state index is 3.74. The summed E-state index contributed by atoms with van der Waals surface area (Å²) in [5, 5.41) is 3.74. The summed E-state index contributed by atoms with van der Waals surface area (Å²) in [7, 11) is 0. The molecule has 1 heteroatoms. The minimum Gasteiger partial charge on any atom is -0.310 e. The van der Waals surface area contributed by atoms with Gasteiger partial charge in [-0.15, -0.1) is 0 Å². The van der Waals surface area contributed by atoms with Crippen molar-refractivity contribution >= 4 is 0 Å². The number of hydrogen-bond donors (Lipinski definition) is 1. The standard InChI is InChI=1S/C16H25N/c1-3-14-8-4-5-9-15(14)12-17-16-10-6-7-13(2)11-16/h4-5,8-9,13,16-17H,3,6-7,10-12H2,1-2H3. The van der Waals surface area contributed by atoms with Gasteiger partial charge < -0.3 is 5.32 Å². The predicted molar refractivity (Wildman–Crippen MR) is 74.1 cm³/mol. The number of hydrogen-bond acceptors (Lipinski definition) is 1. The molecule has 1 aromatic rings. The van der Waals surface area contributed by atoms with E-state index in [-0.39, 0.29) is 0 Å². The Morgan fingerprint density at radius 1 is 1.18 bits per heavy atom. The summed E-state index contributed by atoms with van der Waals surface area (Å²) in [6.45, 7) is 5.66. The third-order valence-corrected chi connectivity index (χ3v) is 4.02. The number of nitrogens with one attached hydrogen (secondary N) is 1. The van der Waals surface area contributed by atoms with E-state index in [4.69, 9.17) is 0 Å². The quantitative estimate of drug-likeness (QED) is 0.828. The molecule has 2 unspecified atom stereocenters. The van der Waals surface area contributed by atoms with Crippen molar-refractivity contribution < 1.29 is 0 Å². The molecule has 0 aliphatic heterocycles. The van der Waals surface area contributed by atoms with Crippen LogP contribution in [0.25, 0.3) is 0 Å². The second kappa shape index (κ2) is 6.20. The summed E-state index contributed by atoms with van der Waals surface area (Å²) in [6, 6.07) is 9.55. The summed E-state index contributed by atoms with van der Waals surface area (Å²) in [6.07, 6.45) is 6.67. The minimum absolute atomic E-state index is 0.740. The lowest BCUT2D eigenvalue weighted by Gasteiger charge is -2.28. The van der Waals surface area contributed by atoms with Crippen LogP contribution in [0.3, 0.4) is 0 Å². The van der Waals surface area contributed by atoms with Gasteiger partial charge in [0.15, 0.2) is 0 Å². The molecule has 0 bridgehead atoms. The molecule has 0 spiro atoms. The molecule has 94 valence electrons. The van der Waals surface area contributed by atoms with E-state index in [1.807, 2.05) is 0 Å². The summed E-state index contributed by atoms with van der Waals surface area (Å²) >= 11 is 0. The molecule has 1 aliphatic rings. The Morgan fingerprint density at radius 3 is 2.65 bits per heavy atom. The van der Waals surface area contributed by atoms with E-state index in [0.717, 1.165) is 24.9 Å². The normalized spacial score (nSPS) is 24.8. The van der Waals surface area contributed by atoms with Gasteiger partial charge >= 0.3 is 0 Å². The first-order valence-electron chi connectivity index (χ1n) is 7.09. The molecule has 1 N–H and O–H groups in total. The summed E-state index contributed by atoms with van der Waals surface area (Å²) in [5.74, 6) is 0.905.